The van der Waals surface area contributed by atoms with E-state index in [-0.39, 0.29) is 12.1 Å². The first-order valence-corrected chi connectivity index (χ1v) is 8.16. The van der Waals surface area contributed by atoms with Crippen molar-refractivity contribution in [3.63, 3.8) is 0 Å². The Morgan fingerprint density at radius 3 is 2.74 bits per heavy atom. The number of thiazole rings is 1. The first kappa shape index (κ1) is 17.1. The molecule has 2 N–H and O–H groups in total. The Hall–Kier alpha value is -2.28. The van der Waals surface area contributed by atoms with Crippen LogP contribution in [-0.2, 0) is 6.42 Å². The van der Waals surface area contributed by atoms with E-state index in [9.17, 15) is 4.79 Å². The van der Waals surface area contributed by atoms with E-state index in [1.807, 2.05) is 30.5 Å². The zero-order valence-electron chi connectivity index (χ0n) is 13.5. The number of benzene rings is 1. The highest BCUT2D eigenvalue weighted by atomic mass is 32.1. The molecule has 0 radical (unpaired) electrons. The number of rotatable bonds is 7. The van der Waals surface area contributed by atoms with Gasteiger partial charge in [-0.1, -0.05) is 6.07 Å². The number of methoxy groups -OCH3 is 2. The summed E-state index contributed by atoms with van der Waals surface area (Å²) in [5, 5.41) is 8.49. The third-order valence-electron chi connectivity index (χ3n) is 3.32. The van der Waals surface area contributed by atoms with Gasteiger partial charge in [-0.25, -0.2) is 9.78 Å². The summed E-state index contributed by atoms with van der Waals surface area (Å²) >= 11 is 1.52. The van der Waals surface area contributed by atoms with Crippen LogP contribution in [0, 0.1) is 0 Å². The summed E-state index contributed by atoms with van der Waals surface area (Å²) in [6.07, 6.45) is 2.44. The van der Waals surface area contributed by atoms with Gasteiger partial charge in [0.25, 0.3) is 0 Å². The second kappa shape index (κ2) is 8.38. The van der Waals surface area contributed by atoms with Crippen molar-refractivity contribution in [3.8, 4) is 11.5 Å². The molecule has 23 heavy (non-hydrogen) atoms. The van der Waals surface area contributed by atoms with Gasteiger partial charge in [0, 0.05) is 18.1 Å². The first-order chi connectivity index (χ1) is 11.1. The summed E-state index contributed by atoms with van der Waals surface area (Å²) in [5.41, 5.74) is 1.07. The molecule has 1 unspecified atom stereocenters. The summed E-state index contributed by atoms with van der Waals surface area (Å²) in [6.45, 7) is 2.44. The minimum Gasteiger partial charge on any atom is -0.493 e. The molecule has 2 rings (SSSR count). The van der Waals surface area contributed by atoms with Crippen molar-refractivity contribution in [1.29, 1.82) is 0 Å². The minimum atomic E-state index is -0.201. The summed E-state index contributed by atoms with van der Waals surface area (Å²) in [5.74, 6) is 1.38. The molecule has 0 saturated carbocycles. The molecule has 1 aromatic carbocycles. The molecule has 2 amide bonds. The molecule has 1 heterocycles. The zero-order chi connectivity index (χ0) is 16.7. The van der Waals surface area contributed by atoms with E-state index in [2.05, 4.69) is 15.6 Å². The number of hydrogen-bond donors (Lipinski definition) is 2. The molecule has 0 fully saturated rings. The van der Waals surface area contributed by atoms with Crippen LogP contribution >= 0.6 is 11.3 Å². The van der Waals surface area contributed by atoms with Crippen LogP contribution in [0.25, 0.3) is 0 Å². The van der Waals surface area contributed by atoms with Crippen LogP contribution in [0.15, 0.2) is 29.8 Å². The number of nitrogens with one attached hydrogen (secondary N) is 2. The Labute approximate surface area is 139 Å². The van der Waals surface area contributed by atoms with Crippen molar-refractivity contribution in [1.82, 2.24) is 15.6 Å². The molecular formula is C16H21N3O3S. The lowest BCUT2D eigenvalue weighted by atomic mass is 10.1. The Balaban J connectivity index is 1.79. The Morgan fingerprint density at radius 1 is 1.30 bits per heavy atom. The third kappa shape index (κ3) is 4.85. The topological polar surface area (TPSA) is 72.5 Å². The smallest absolute Gasteiger partial charge is 0.315 e. The van der Waals surface area contributed by atoms with Crippen LogP contribution in [0.5, 0.6) is 11.5 Å². The van der Waals surface area contributed by atoms with Gasteiger partial charge >= 0.3 is 6.03 Å². The molecule has 2 aromatic rings. The standard InChI is InChI=1S/C16H21N3O3S/c1-11(15-17-8-9-23-15)19-16(20)18-7-6-12-4-5-13(21-2)14(10-12)22-3/h4-5,8-11H,6-7H2,1-3H3,(H2,18,19,20). The van der Waals surface area contributed by atoms with Gasteiger partial charge in [0.2, 0.25) is 0 Å². The zero-order valence-corrected chi connectivity index (χ0v) is 14.3. The van der Waals surface area contributed by atoms with Crippen LogP contribution in [0.2, 0.25) is 0 Å². The number of hydrogen-bond acceptors (Lipinski definition) is 5. The molecule has 0 aliphatic carbocycles. The molecule has 7 heteroatoms. The fourth-order valence-electron chi connectivity index (χ4n) is 2.11. The molecule has 0 aliphatic rings. The van der Waals surface area contributed by atoms with Gasteiger partial charge in [-0.2, -0.15) is 0 Å². The minimum absolute atomic E-state index is 0.101. The van der Waals surface area contributed by atoms with Gasteiger partial charge in [0.05, 0.1) is 20.3 Å². The maximum atomic E-state index is 11.9. The van der Waals surface area contributed by atoms with E-state index in [1.54, 1.807) is 20.4 Å². The molecule has 0 bridgehead atoms. The highest BCUT2D eigenvalue weighted by Crippen LogP contribution is 2.27. The maximum Gasteiger partial charge on any atom is 0.315 e. The van der Waals surface area contributed by atoms with E-state index >= 15 is 0 Å². The van der Waals surface area contributed by atoms with Gasteiger partial charge in [-0.15, -0.1) is 11.3 Å². The number of nitrogens with zero attached hydrogens (tertiary/aromatic N) is 1. The fourth-order valence-corrected chi connectivity index (χ4v) is 2.76. The number of amides is 2. The monoisotopic (exact) mass is 335 g/mol. The lowest BCUT2D eigenvalue weighted by molar-refractivity contribution is 0.238. The number of carbonyl (C=O) groups excluding carboxylic acids is 1. The van der Waals surface area contributed by atoms with E-state index < -0.39 is 0 Å². The third-order valence-corrected chi connectivity index (χ3v) is 4.27. The lowest BCUT2D eigenvalue weighted by Gasteiger charge is -2.13. The van der Waals surface area contributed by atoms with Crippen molar-refractivity contribution in [2.75, 3.05) is 20.8 Å². The molecule has 1 atom stereocenters. The number of ether oxygens (including phenoxy) is 2. The summed E-state index contributed by atoms with van der Waals surface area (Å²) in [6, 6.07) is 5.43. The van der Waals surface area contributed by atoms with Crippen molar-refractivity contribution < 1.29 is 14.3 Å². The van der Waals surface area contributed by atoms with Crippen molar-refractivity contribution >= 4 is 17.4 Å². The van der Waals surface area contributed by atoms with Crippen LogP contribution in [0.1, 0.15) is 23.5 Å². The van der Waals surface area contributed by atoms with Crippen molar-refractivity contribution in [2.24, 2.45) is 0 Å². The van der Waals surface area contributed by atoms with Crippen LogP contribution < -0.4 is 20.1 Å². The van der Waals surface area contributed by atoms with E-state index in [4.69, 9.17) is 9.47 Å². The fraction of sp³-hybridized carbons (Fsp3) is 0.375. The van der Waals surface area contributed by atoms with Gasteiger partial charge in [-0.3, -0.25) is 0 Å². The Bertz CT molecular complexity index is 632. The molecule has 0 saturated heterocycles. The highest BCUT2D eigenvalue weighted by Gasteiger charge is 2.11. The predicted octanol–water partition coefficient (Wildman–Crippen LogP) is 2.76. The van der Waals surface area contributed by atoms with Gasteiger partial charge in [-0.05, 0) is 31.0 Å². The molecule has 0 aliphatic heterocycles. The summed E-state index contributed by atoms with van der Waals surface area (Å²) in [7, 11) is 3.21. The van der Waals surface area contributed by atoms with Crippen LogP contribution in [-0.4, -0.2) is 31.8 Å². The van der Waals surface area contributed by atoms with E-state index in [0.29, 0.717) is 24.5 Å². The quantitative estimate of drug-likeness (QED) is 0.816. The number of aromatic nitrogens is 1. The summed E-state index contributed by atoms with van der Waals surface area (Å²) in [4.78, 5) is 16.1. The van der Waals surface area contributed by atoms with Crippen LogP contribution in [0.4, 0.5) is 4.79 Å². The highest BCUT2D eigenvalue weighted by molar-refractivity contribution is 7.09. The van der Waals surface area contributed by atoms with Gasteiger partial charge in [0.1, 0.15) is 5.01 Å². The Kier molecular flexibility index (Phi) is 6.22. The van der Waals surface area contributed by atoms with E-state index in [0.717, 1.165) is 10.6 Å². The average Bonchev–Trinajstić information content (AvgIpc) is 3.09. The SMILES string of the molecule is COc1ccc(CCNC(=O)NC(C)c2nccs2)cc1OC. The van der Waals surface area contributed by atoms with Crippen LogP contribution in [0.3, 0.4) is 0 Å². The van der Waals surface area contributed by atoms with Gasteiger partial charge < -0.3 is 20.1 Å². The van der Waals surface area contributed by atoms with Gasteiger partial charge in [0.15, 0.2) is 11.5 Å². The molecular weight excluding hydrogens is 314 g/mol. The first-order valence-electron chi connectivity index (χ1n) is 7.28. The Morgan fingerprint density at radius 2 is 2.09 bits per heavy atom. The van der Waals surface area contributed by atoms with Crippen molar-refractivity contribution in [3.05, 3.63) is 40.3 Å². The van der Waals surface area contributed by atoms with E-state index in [1.165, 1.54) is 11.3 Å². The number of urea groups is 1. The lowest BCUT2D eigenvalue weighted by Crippen LogP contribution is -2.38. The average molecular weight is 335 g/mol. The summed E-state index contributed by atoms with van der Waals surface area (Å²) < 4.78 is 10.5. The second-order valence-corrected chi connectivity index (χ2v) is 5.86. The maximum absolute atomic E-state index is 11.9. The molecule has 6 nitrogen and oxygen atoms in total. The molecule has 124 valence electrons. The molecule has 0 spiro atoms. The largest absolute Gasteiger partial charge is 0.493 e. The predicted molar refractivity (Wildman–Crippen MR) is 90.3 cm³/mol. The molecule has 1 aromatic heterocycles. The van der Waals surface area contributed by atoms with Crippen molar-refractivity contribution in [2.45, 2.75) is 19.4 Å². The second-order valence-electron chi connectivity index (χ2n) is 4.93. The number of carbonyl (C=O) groups is 1. The normalized spacial score (nSPS) is 11.6.